The minimum atomic E-state index is -1.18. The number of nitrogens with zero attached hydrogens (tertiary/aromatic N) is 1. The normalized spacial score (nSPS) is 14.9. The number of hydrogen-bond acceptors (Lipinski definition) is 6. The standard InChI is InChI=1S/C24H28FN3O4/c1-3-31-19-12-20(22(25)21(13-19)32-18-8-10-27-11-9-18)23(30-2)24(29)28-15-17-6-4-16(14-26)5-7-17/h4-7,12-13,18,23,27H,3,8-11,15H2,1-2H3,(H,28,29)/t23-/m0/s1. The molecule has 0 unspecified atom stereocenters. The largest absolute Gasteiger partial charge is 0.494 e. The molecule has 1 saturated heterocycles. The SMILES string of the molecule is CCOc1cc(OC2CCNCC2)c(F)c([C@H](OC)C(=O)NCc2ccc(C#N)cc2)c1. The van der Waals surface area contributed by atoms with Crippen molar-refractivity contribution in [2.24, 2.45) is 0 Å². The van der Waals surface area contributed by atoms with E-state index in [1.807, 2.05) is 13.0 Å². The van der Waals surface area contributed by atoms with Crippen LogP contribution in [0.15, 0.2) is 36.4 Å². The maximum absolute atomic E-state index is 15.4. The van der Waals surface area contributed by atoms with E-state index in [1.165, 1.54) is 19.2 Å². The molecule has 7 nitrogen and oxygen atoms in total. The Labute approximate surface area is 187 Å². The summed E-state index contributed by atoms with van der Waals surface area (Å²) in [4.78, 5) is 12.8. The molecule has 1 heterocycles. The summed E-state index contributed by atoms with van der Waals surface area (Å²) in [6.45, 7) is 4.05. The van der Waals surface area contributed by atoms with Crippen molar-refractivity contribution in [1.29, 1.82) is 5.26 Å². The van der Waals surface area contributed by atoms with Gasteiger partial charge in [-0.3, -0.25) is 4.79 Å². The molecular weight excluding hydrogens is 413 g/mol. The van der Waals surface area contributed by atoms with E-state index in [4.69, 9.17) is 19.5 Å². The molecule has 2 aromatic rings. The highest BCUT2D eigenvalue weighted by atomic mass is 19.1. The highest BCUT2D eigenvalue weighted by Crippen LogP contribution is 2.34. The summed E-state index contributed by atoms with van der Waals surface area (Å²) >= 11 is 0. The summed E-state index contributed by atoms with van der Waals surface area (Å²) < 4.78 is 32.3. The summed E-state index contributed by atoms with van der Waals surface area (Å²) in [5.74, 6) is -0.654. The van der Waals surface area contributed by atoms with Crippen molar-refractivity contribution in [3.05, 3.63) is 58.9 Å². The van der Waals surface area contributed by atoms with Gasteiger partial charge >= 0.3 is 0 Å². The first-order valence-corrected chi connectivity index (χ1v) is 10.7. The maximum atomic E-state index is 15.4. The average Bonchev–Trinajstić information content (AvgIpc) is 2.82. The molecular formula is C24H28FN3O4. The smallest absolute Gasteiger partial charge is 0.254 e. The number of ether oxygens (including phenoxy) is 3. The van der Waals surface area contributed by atoms with Crippen LogP contribution in [0.5, 0.6) is 11.5 Å². The summed E-state index contributed by atoms with van der Waals surface area (Å²) in [6.07, 6.45) is 0.254. The van der Waals surface area contributed by atoms with Crippen LogP contribution in [0, 0.1) is 17.1 Å². The molecule has 0 saturated carbocycles. The number of hydrogen-bond donors (Lipinski definition) is 2. The number of nitriles is 1. The summed E-state index contributed by atoms with van der Waals surface area (Å²) in [5, 5.41) is 14.9. The van der Waals surface area contributed by atoms with Crippen molar-refractivity contribution in [2.75, 3.05) is 26.8 Å². The number of piperidine rings is 1. The third kappa shape index (κ3) is 5.96. The zero-order valence-electron chi connectivity index (χ0n) is 18.3. The van der Waals surface area contributed by atoms with Gasteiger partial charge in [0.05, 0.1) is 18.2 Å². The van der Waals surface area contributed by atoms with Gasteiger partial charge in [0.2, 0.25) is 0 Å². The Hall–Kier alpha value is -3.15. The Kier molecular flexibility index (Phi) is 8.42. The van der Waals surface area contributed by atoms with Crippen LogP contribution >= 0.6 is 0 Å². The predicted molar refractivity (Wildman–Crippen MR) is 117 cm³/mol. The first kappa shape index (κ1) is 23.5. The molecule has 1 aliphatic rings. The Bertz CT molecular complexity index is 953. The molecule has 0 radical (unpaired) electrons. The van der Waals surface area contributed by atoms with Gasteiger partial charge in [-0.1, -0.05) is 12.1 Å². The van der Waals surface area contributed by atoms with Crippen molar-refractivity contribution in [3.8, 4) is 17.6 Å². The van der Waals surface area contributed by atoms with E-state index < -0.39 is 17.8 Å². The average molecular weight is 442 g/mol. The van der Waals surface area contributed by atoms with E-state index in [-0.39, 0.29) is 24.0 Å². The van der Waals surface area contributed by atoms with E-state index >= 15 is 4.39 Å². The Morgan fingerprint density at radius 3 is 2.62 bits per heavy atom. The maximum Gasteiger partial charge on any atom is 0.254 e. The van der Waals surface area contributed by atoms with Gasteiger partial charge in [-0.25, -0.2) is 4.39 Å². The molecule has 1 amide bonds. The lowest BCUT2D eigenvalue weighted by atomic mass is 10.1. The first-order valence-electron chi connectivity index (χ1n) is 10.7. The molecule has 8 heteroatoms. The fraction of sp³-hybridized carbons (Fsp3) is 0.417. The zero-order chi connectivity index (χ0) is 22.9. The Morgan fingerprint density at radius 2 is 2.00 bits per heavy atom. The lowest BCUT2D eigenvalue weighted by molar-refractivity contribution is -0.131. The number of benzene rings is 2. The second-order valence-corrected chi connectivity index (χ2v) is 7.47. The van der Waals surface area contributed by atoms with Gasteiger partial charge in [-0.05, 0) is 56.6 Å². The molecule has 0 aromatic heterocycles. The molecule has 1 fully saturated rings. The number of rotatable bonds is 9. The Morgan fingerprint density at radius 1 is 1.28 bits per heavy atom. The predicted octanol–water partition coefficient (Wildman–Crippen LogP) is 3.23. The van der Waals surface area contributed by atoms with Gasteiger partial charge < -0.3 is 24.8 Å². The number of nitrogens with one attached hydrogen (secondary N) is 2. The zero-order valence-corrected chi connectivity index (χ0v) is 18.3. The molecule has 2 N–H and O–H groups in total. The number of halogens is 1. The molecule has 1 aliphatic heterocycles. The van der Waals surface area contributed by atoms with Crippen molar-refractivity contribution in [3.63, 3.8) is 0 Å². The van der Waals surface area contributed by atoms with Gasteiger partial charge in [0.1, 0.15) is 11.9 Å². The Balaban J connectivity index is 1.79. The van der Waals surface area contributed by atoms with Gasteiger partial charge in [-0.15, -0.1) is 0 Å². The minimum Gasteiger partial charge on any atom is -0.494 e. The highest BCUT2D eigenvalue weighted by Gasteiger charge is 2.28. The van der Waals surface area contributed by atoms with Crippen LogP contribution in [0.25, 0.3) is 0 Å². The second-order valence-electron chi connectivity index (χ2n) is 7.47. The molecule has 32 heavy (non-hydrogen) atoms. The van der Waals surface area contributed by atoms with Crippen LogP contribution in [-0.4, -0.2) is 38.8 Å². The monoisotopic (exact) mass is 441 g/mol. The van der Waals surface area contributed by atoms with Gasteiger partial charge in [-0.2, -0.15) is 5.26 Å². The van der Waals surface area contributed by atoms with Crippen LogP contribution in [0.3, 0.4) is 0 Å². The van der Waals surface area contributed by atoms with E-state index in [0.29, 0.717) is 17.9 Å². The topological polar surface area (TPSA) is 92.6 Å². The molecule has 0 spiro atoms. The van der Waals surface area contributed by atoms with Crippen molar-refractivity contribution < 1.29 is 23.4 Å². The molecule has 170 valence electrons. The molecule has 1 atom stereocenters. The van der Waals surface area contributed by atoms with E-state index in [2.05, 4.69) is 10.6 Å². The lowest BCUT2D eigenvalue weighted by Gasteiger charge is -2.25. The fourth-order valence-electron chi connectivity index (χ4n) is 3.57. The molecule has 0 aliphatic carbocycles. The van der Waals surface area contributed by atoms with Crippen LogP contribution < -0.4 is 20.1 Å². The van der Waals surface area contributed by atoms with Gasteiger partial charge in [0.15, 0.2) is 17.7 Å². The number of carbonyl (C=O) groups is 1. The highest BCUT2D eigenvalue weighted by molar-refractivity contribution is 5.82. The number of methoxy groups -OCH3 is 1. The minimum absolute atomic E-state index is 0.0553. The third-order valence-electron chi connectivity index (χ3n) is 5.24. The van der Waals surface area contributed by atoms with Gasteiger partial charge in [0.25, 0.3) is 5.91 Å². The van der Waals surface area contributed by atoms with Gasteiger partial charge in [0, 0.05) is 25.3 Å². The summed E-state index contributed by atoms with van der Waals surface area (Å²) in [5.41, 5.74) is 1.40. The summed E-state index contributed by atoms with van der Waals surface area (Å²) in [7, 11) is 1.35. The van der Waals surface area contributed by atoms with E-state index in [1.54, 1.807) is 24.3 Å². The summed E-state index contributed by atoms with van der Waals surface area (Å²) in [6, 6.07) is 11.9. The fourth-order valence-corrected chi connectivity index (χ4v) is 3.57. The lowest BCUT2D eigenvalue weighted by Crippen LogP contribution is -2.34. The van der Waals surface area contributed by atoms with Crippen molar-refractivity contribution >= 4 is 5.91 Å². The number of carbonyl (C=O) groups excluding carboxylic acids is 1. The first-order chi connectivity index (χ1) is 15.5. The van der Waals surface area contributed by atoms with Crippen LogP contribution in [-0.2, 0) is 16.1 Å². The van der Waals surface area contributed by atoms with Crippen LogP contribution in [0.2, 0.25) is 0 Å². The molecule has 0 bridgehead atoms. The molecule has 2 aromatic carbocycles. The second kappa shape index (κ2) is 11.5. The number of amides is 1. The van der Waals surface area contributed by atoms with Crippen LogP contribution in [0.4, 0.5) is 4.39 Å². The quantitative estimate of drug-likeness (QED) is 0.621. The van der Waals surface area contributed by atoms with Crippen LogP contribution in [0.1, 0.15) is 42.6 Å². The van der Waals surface area contributed by atoms with Crippen molar-refractivity contribution in [2.45, 2.75) is 38.5 Å². The van der Waals surface area contributed by atoms with Crippen molar-refractivity contribution in [1.82, 2.24) is 10.6 Å². The van der Waals surface area contributed by atoms with E-state index in [9.17, 15) is 4.79 Å². The van der Waals surface area contributed by atoms with E-state index in [0.717, 1.165) is 31.5 Å². The molecule has 3 rings (SSSR count). The third-order valence-corrected chi connectivity index (χ3v) is 5.24.